The number of hydrogen-bond acceptors (Lipinski definition) is 4. The summed E-state index contributed by atoms with van der Waals surface area (Å²) >= 11 is 0. The van der Waals surface area contributed by atoms with Gasteiger partial charge in [0.1, 0.15) is 17.5 Å². The Kier molecular flexibility index (Phi) is 3.13. The second-order valence-corrected chi connectivity index (χ2v) is 5.23. The summed E-state index contributed by atoms with van der Waals surface area (Å²) in [6.07, 6.45) is 0.595. The van der Waals surface area contributed by atoms with Crippen LogP contribution in [0.4, 0.5) is 5.69 Å². The monoisotopic (exact) mass is 290 g/mol. The largest absolute Gasteiger partial charge is 0.496 e. The molecule has 0 saturated carbocycles. The Morgan fingerprint density at radius 1 is 1.33 bits per heavy atom. The average molecular weight is 290 g/mol. The van der Waals surface area contributed by atoms with Gasteiger partial charge in [-0.3, -0.25) is 19.7 Å². The molecule has 1 atom stereocenters. The van der Waals surface area contributed by atoms with Crippen LogP contribution in [0.5, 0.6) is 5.75 Å². The van der Waals surface area contributed by atoms with Gasteiger partial charge >= 0.3 is 0 Å². The fraction of sp³-hybridized carbons (Fsp3) is 0.357. The van der Waals surface area contributed by atoms with Crippen LogP contribution in [0.1, 0.15) is 28.8 Å². The third-order valence-electron chi connectivity index (χ3n) is 3.87. The normalized spacial score (nSPS) is 21.3. The highest BCUT2D eigenvalue weighted by Gasteiger charge is 2.40. The molecule has 0 spiro atoms. The maximum Gasteiger partial charge on any atom is 0.258 e. The molecule has 2 heterocycles. The number of methoxy groups -OCH3 is 1. The van der Waals surface area contributed by atoms with Gasteiger partial charge in [-0.15, -0.1) is 0 Å². The number of nitrogens with one attached hydrogen (secondary N) is 1. The molecular weight excluding hydrogens is 274 g/mol. The number of piperidine rings is 1. The molecule has 1 aromatic carbocycles. The molecule has 2 aliphatic rings. The molecule has 1 fully saturated rings. The highest BCUT2D eigenvalue weighted by molar-refractivity contribution is 6.06. The van der Waals surface area contributed by atoms with Crippen molar-refractivity contribution in [3.8, 4) is 5.75 Å². The van der Waals surface area contributed by atoms with Crippen molar-refractivity contribution in [2.45, 2.75) is 25.4 Å². The molecule has 1 saturated heterocycles. The summed E-state index contributed by atoms with van der Waals surface area (Å²) in [4.78, 5) is 37.2. The minimum atomic E-state index is -0.611. The van der Waals surface area contributed by atoms with Gasteiger partial charge in [-0.25, -0.2) is 0 Å². The van der Waals surface area contributed by atoms with E-state index in [0.717, 1.165) is 11.3 Å². The highest BCUT2D eigenvalue weighted by Crippen LogP contribution is 2.34. The minimum absolute atomic E-state index is 0.239. The predicted molar refractivity (Wildman–Crippen MR) is 71.6 cm³/mol. The molecule has 110 valence electrons. The van der Waals surface area contributed by atoms with Crippen molar-refractivity contribution < 1.29 is 24.9 Å². The van der Waals surface area contributed by atoms with E-state index in [1.165, 1.54) is 12.0 Å². The van der Waals surface area contributed by atoms with Crippen molar-refractivity contribution >= 4 is 23.4 Å². The number of ether oxygens (including phenoxy) is 1. The first-order valence-corrected chi connectivity index (χ1v) is 6.69. The Labute approximate surface area is 121 Å². The number of hydrogen-bond donors (Lipinski definition) is 2. The number of nitrogens with zero attached hydrogens (tertiary/aromatic N) is 1. The molecule has 0 aromatic heterocycles. The van der Waals surface area contributed by atoms with Gasteiger partial charge in [-0.1, -0.05) is 0 Å². The molecule has 0 radical (unpaired) electrons. The summed E-state index contributed by atoms with van der Waals surface area (Å²) < 4.78 is 5.25. The molecule has 4 N–H and O–H groups in total. The topological polar surface area (TPSA) is 103 Å². The summed E-state index contributed by atoms with van der Waals surface area (Å²) in [7, 11) is 1.50. The number of benzene rings is 1. The van der Waals surface area contributed by atoms with Gasteiger partial charge in [0.25, 0.3) is 5.91 Å². The first kappa shape index (κ1) is 13.6. The second-order valence-electron chi connectivity index (χ2n) is 5.23. The van der Waals surface area contributed by atoms with Gasteiger partial charge in [0.15, 0.2) is 0 Å². The third-order valence-corrected chi connectivity index (χ3v) is 3.87. The van der Waals surface area contributed by atoms with E-state index < -0.39 is 11.9 Å². The Hall–Kier alpha value is -2.41. The van der Waals surface area contributed by atoms with E-state index in [1.54, 1.807) is 6.07 Å². The van der Waals surface area contributed by atoms with Crippen molar-refractivity contribution in [2.75, 3.05) is 7.11 Å². The zero-order chi connectivity index (χ0) is 15.1. The van der Waals surface area contributed by atoms with Gasteiger partial charge in [0, 0.05) is 25.1 Å². The molecule has 7 nitrogen and oxygen atoms in total. The van der Waals surface area contributed by atoms with Gasteiger partial charge in [-0.05, 0) is 12.0 Å². The smallest absolute Gasteiger partial charge is 0.258 e. The lowest BCUT2D eigenvalue weighted by atomic mass is 10.0. The van der Waals surface area contributed by atoms with E-state index in [2.05, 4.69) is 11.1 Å². The van der Waals surface area contributed by atoms with E-state index in [4.69, 9.17) is 4.74 Å². The molecule has 3 rings (SSSR count). The van der Waals surface area contributed by atoms with Crippen molar-refractivity contribution in [2.24, 2.45) is 0 Å². The molecule has 0 aliphatic carbocycles. The van der Waals surface area contributed by atoms with Crippen LogP contribution in [0.15, 0.2) is 12.1 Å². The minimum Gasteiger partial charge on any atom is -0.496 e. The van der Waals surface area contributed by atoms with Gasteiger partial charge in [0.05, 0.1) is 12.7 Å². The number of carbonyl (C=O) groups excluding carboxylic acids is 3. The molecule has 21 heavy (non-hydrogen) atoms. The highest BCUT2D eigenvalue weighted by atomic mass is 16.5. The van der Waals surface area contributed by atoms with E-state index in [9.17, 15) is 14.4 Å². The van der Waals surface area contributed by atoms with E-state index in [-0.39, 0.29) is 18.2 Å². The van der Waals surface area contributed by atoms with E-state index in [0.29, 0.717) is 24.3 Å². The van der Waals surface area contributed by atoms with Crippen molar-refractivity contribution in [3.63, 3.8) is 0 Å². The van der Waals surface area contributed by atoms with Crippen molar-refractivity contribution in [1.82, 2.24) is 10.2 Å². The maximum absolute atomic E-state index is 12.6. The first-order valence-electron chi connectivity index (χ1n) is 6.69. The van der Waals surface area contributed by atoms with Gasteiger partial charge in [0.2, 0.25) is 11.8 Å². The first-order chi connectivity index (χ1) is 10.0. The SMILES string of the molecule is COc1cc([NH3+])cc2c1C(=O)N(C1CCC(=O)NC1=O)C2. The standard InChI is InChI=1S/C14H15N3O4/c1-21-10-5-8(15)4-7-6-17(14(20)12(7)10)9-2-3-11(18)16-13(9)19/h4-5,9H,2-3,6,15H2,1H3,(H,16,18,19)/p+1. The van der Waals surface area contributed by atoms with Crippen LogP contribution < -0.4 is 15.8 Å². The molecular formula is C14H16N3O4+. The van der Waals surface area contributed by atoms with Gasteiger partial charge in [-0.2, -0.15) is 0 Å². The number of imide groups is 1. The third kappa shape index (κ3) is 2.15. The fourth-order valence-electron chi connectivity index (χ4n) is 2.90. The zero-order valence-electron chi connectivity index (χ0n) is 11.6. The zero-order valence-corrected chi connectivity index (χ0v) is 11.6. The lowest BCUT2D eigenvalue weighted by molar-refractivity contribution is -0.254. The van der Waals surface area contributed by atoms with Crippen LogP contribution in [0.3, 0.4) is 0 Å². The van der Waals surface area contributed by atoms with Crippen LogP contribution in [-0.2, 0) is 16.1 Å². The molecule has 1 aromatic rings. The van der Waals surface area contributed by atoms with E-state index in [1.807, 2.05) is 6.07 Å². The molecule has 3 amide bonds. The van der Waals surface area contributed by atoms with E-state index >= 15 is 0 Å². The van der Waals surface area contributed by atoms with Crippen LogP contribution in [-0.4, -0.2) is 35.8 Å². The quantitative estimate of drug-likeness (QED) is 0.705. The molecule has 7 heteroatoms. The molecule has 1 unspecified atom stereocenters. The Morgan fingerprint density at radius 2 is 2.10 bits per heavy atom. The van der Waals surface area contributed by atoms with Crippen LogP contribution in [0.2, 0.25) is 0 Å². The summed E-state index contributed by atoms with van der Waals surface area (Å²) in [5.74, 6) is -0.479. The Balaban J connectivity index is 1.94. The second kappa shape index (κ2) is 4.85. The summed E-state index contributed by atoms with van der Waals surface area (Å²) in [6, 6.07) is 2.91. The lowest BCUT2D eigenvalue weighted by Gasteiger charge is -2.29. The van der Waals surface area contributed by atoms with Gasteiger partial charge < -0.3 is 15.4 Å². The summed E-state index contributed by atoms with van der Waals surface area (Å²) in [5, 5.41) is 2.28. The Bertz CT molecular complexity index is 656. The predicted octanol–water partition coefficient (Wildman–Crippen LogP) is -0.670. The van der Waals surface area contributed by atoms with Crippen LogP contribution in [0, 0.1) is 0 Å². The molecule has 2 aliphatic heterocycles. The number of fused-ring (bicyclic) bond motifs is 1. The fourth-order valence-corrected chi connectivity index (χ4v) is 2.90. The number of quaternary nitrogens is 1. The number of amides is 3. The molecule has 0 bridgehead atoms. The van der Waals surface area contributed by atoms with Crippen molar-refractivity contribution in [1.29, 1.82) is 0 Å². The number of carbonyl (C=O) groups is 3. The lowest BCUT2D eigenvalue weighted by Crippen LogP contribution is -2.52. The summed E-state index contributed by atoms with van der Waals surface area (Å²) in [6.45, 7) is 0.333. The van der Waals surface area contributed by atoms with Crippen LogP contribution >= 0.6 is 0 Å². The van der Waals surface area contributed by atoms with Crippen molar-refractivity contribution in [3.05, 3.63) is 23.3 Å². The average Bonchev–Trinajstić information content (AvgIpc) is 2.75. The summed E-state index contributed by atoms with van der Waals surface area (Å²) in [5.41, 5.74) is 5.89. The number of rotatable bonds is 2. The maximum atomic E-state index is 12.6. The Morgan fingerprint density at radius 3 is 2.76 bits per heavy atom. The van der Waals surface area contributed by atoms with Crippen LogP contribution in [0.25, 0.3) is 0 Å².